The molecule has 5 heteroatoms. The lowest BCUT2D eigenvalue weighted by Crippen LogP contribution is -2.26. The molecule has 1 aromatic heterocycles. The van der Waals surface area contributed by atoms with E-state index in [1.54, 1.807) is 23.9 Å². The number of hydrogen-bond donors (Lipinski definition) is 2. The Labute approximate surface area is 88.1 Å². The number of rotatable bonds is 4. The summed E-state index contributed by atoms with van der Waals surface area (Å²) >= 11 is 0. The molecule has 82 valence electrons. The fraction of sp³-hybridized carbons (Fsp3) is 0.400. The van der Waals surface area contributed by atoms with Crippen LogP contribution in [0.2, 0.25) is 0 Å². The van der Waals surface area contributed by atoms with Gasteiger partial charge in [0.2, 0.25) is 5.91 Å². The third-order valence-corrected chi connectivity index (χ3v) is 1.96. The predicted molar refractivity (Wildman–Crippen MR) is 58.9 cm³/mol. The van der Waals surface area contributed by atoms with Crippen LogP contribution < -0.4 is 16.2 Å². The minimum atomic E-state index is -0.161. The summed E-state index contributed by atoms with van der Waals surface area (Å²) < 4.78 is 1.56. The second-order valence-electron chi connectivity index (χ2n) is 3.12. The van der Waals surface area contributed by atoms with Gasteiger partial charge in [-0.3, -0.25) is 9.59 Å². The SMILES string of the molecule is CCn1ccc(NC(=O)CNC)cc1=O. The summed E-state index contributed by atoms with van der Waals surface area (Å²) in [7, 11) is 1.69. The largest absolute Gasteiger partial charge is 0.325 e. The highest BCUT2D eigenvalue weighted by Gasteiger charge is 2.01. The number of likely N-dealkylation sites (N-methyl/N-ethyl adjacent to an activating group) is 1. The molecule has 0 fully saturated rings. The molecule has 1 rings (SSSR count). The van der Waals surface area contributed by atoms with E-state index in [1.165, 1.54) is 6.07 Å². The van der Waals surface area contributed by atoms with Crippen molar-refractivity contribution in [2.75, 3.05) is 18.9 Å². The standard InChI is InChI=1S/C10H15N3O2/c1-3-13-5-4-8(6-10(13)15)12-9(14)7-11-2/h4-6,11H,3,7H2,1-2H3,(H,12,14). The maximum absolute atomic E-state index is 11.4. The first kappa shape index (κ1) is 11.5. The lowest BCUT2D eigenvalue weighted by molar-refractivity contribution is -0.115. The fourth-order valence-corrected chi connectivity index (χ4v) is 1.21. The summed E-state index contributed by atoms with van der Waals surface area (Å²) in [5.74, 6) is -0.161. The number of nitrogens with one attached hydrogen (secondary N) is 2. The van der Waals surface area contributed by atoms with E-state index >= 15 is 0 Å². The molecule has 2 N–H and O–H groups in total. The van der Waals surface area contributed by atoms with Crippen molar-refractivity contribution in [3.05, 3.63) is 28.7 Å². The zero-order valence-corrected chi connectivity index (χ0v) is 8.91. The van der Waals surface area contributed by atoms with Gasteiger partial charge in [0.15, 0.2) is 0 Å². The molecule has 0 radical (unpaired) electrons. The smallest absolute Gasteiger partial charge is 0.252 e. The Balaban J connectivity index is 2.76. The highest BCUT2D eigenvalue weighted by molar-refractivity contribution is 5.92. The van der Waals surface area contributed by atoms with Gasteiger partial charge in [0, 0.05) is 24.5 Å². The number of carbonyl (C=O) groups excluding carboxylic acids is 1. The predicted octanol–water partition coefficient (Wildman–Crippen LogP) is 0.0261. The van der Waals surface area contributed by atoms with Crippen molar-refractivity contribution in [2.45, 2.75) is 13.5 Å². The quantitative estimate of drug-likeness (QED) is 0.735. The van der Waals surface area contributed by atoms with Gasteiger partial charge in [-0.2, -0.15) is 0 Å². The molecular formula is C10H15N3O2. The summed E-state index contributed by atoms with van der Waals surface area (Å²) in [5.41, 5.74) is 0.421. The van der Waals surface area contributed by atoms with Crippen molar-refractivity contribution in [2.24, 2.45) is 0 Å². The van der Waals surface area contributed by atoms with Crippen LogP contribution in [0.1, 0.15) is 6.92 Å². The van der Waals surface area contributed by atoms with Gasteiger partial charge in [0.1, 0.15) is 0 Å². The molecule has 0 aromatic carbocycles. The van der Waals surface area contributed by atoms with E-state index in [4.69, 9.17) is 0 Å². The van der Waals surface area contributed by atoms with E-state index in [9.17, 15) is 9.59 Å². The molecule has 0 aliphatic carbocycles. The van der Waals surface area contributed by atoms with Gasteiger partial charge in [-0.05, 0) is 20.0 Å². The summed E-state index contributed by atoms with van der Waals surface area (Å²) in [4.78, 5) is 22.6. The second kappa shape index (κ2) is 5.31. The molecule has 1 amide bonds. The summed E-state index contributed by atoms with van der Waals surface area (Å²) in [6.07, 6.45) is 1.66. The Morgan fingerprint density at radius 3 is 2.80 bits per heavy atom. The molecule has 0 atom stereocenters. The molecule has 0 saturated carbocycles. The van der Waals surface area contributed by atoms with Crippen LogP contribution in [0.4, 0.5) is 5.69 Å². The van der Waals surface area contributed by atoms with Crippen LogP contribution in [-0.2, 0) is 11.3 Å². The number of aromatic nitrogens is 1. The Hall–Kier alpha value is -1.62. The Morgan fingerprint density at radius 1 is 1.53 bits per heavy atom. The van der Waals surface area contributed by atoms with Crippen molar-refractivity contribution in [3.63, 3.8) is 0 Å². The van der Waals surface area contributed by atoms with Gasteiger partial charge in [-0.1, -0.05) is 0 Å². The topological polar surface area (TPSA) is 63.1 Å². The molecule has 0 saturated heterocycles. The molecule has 1 heterocycles. The number of pyridine rings is 1. The molecular weight excluding hydrogens is 194 g/mol. The average Bonchev–Trinajstić information content (AvgIpc) is 2.18. The molecule has 0 bridgehead atoms. The van der Waals surface area contributed by atoms with Gasteiger partial charge in [0.25, 0.3) is 5.56 Å². The van der Waals surface area contributed by atoms with Gasteiger partial charge < -0.3 is 15.2 Å². The number of aryl methyl sites for hydroxylation is 1. The zero-order chi connectivity index (χ0) is 11.3. The van der Waals surface area contributed by atoms with Crippen LogP contribution in [0.25, 0.3) is 0 Å². The van der Waals surface area contributed by atoms with E-state index in [2.05, 4.69) is 10.6 Å². The van der Waals surface area contributed by atoms with E-state index in [0.29, 0.717) is 12.2 Å². The Bertz CT molecular complexity index is 398. The molecule has 0 aliphatic rings. The monoisotopic (exact) mass is 209 g/mol. The van der Waals surface area contributed by atoms with Crippen LogP contribution in [0.5, 0.6) is 0 Å². The number of hydrogen-bond acceptors (Lipinski definition) is 3. The Kier molecular flexibility index (Phi) is 4.05. The third kappa shape index (κ3) is 3.21. The first-order valence-corrected chi connectivity index (χ1v) is 4.82. The maximum atomic E-state index is 11.4. The maximum Gasteiger partial charge on any atom is 0.252 e. The number of anilines is 1. The lowest BCUT2D eigenvalue weighted by Gasteiger charge is -2.06. The van der Waals surface area contributed by atoms with Crippen LogP contribution in [0.3, 0.4) is 0 Å². The lowest BCUT2D eigenvalue weighted by atomic mass is 10.4. The summed E-state index contributed by atoms with van der Waals surface area (Å²) in [5, 5.41) is 5.35. The molecule has 5 nitrogen and oxygen atoms in total. The van der Waals surface area contributed by atoms with Crippen molar-refractivity contribution in [3.8, 4) is 0 Å². The van der Waals surface area contributed by atoms with Crippen molar-refractivity contribution < 1.29 is 4.79 Å². The summed E-state index contributed by atoms with van der Waals surface area (Å²) in [6.45, 7) is 2.75. The minimum Gasteiger partial charge on any atom is -0.325 e. The third-order valence-electron chi connectivity index (χ3n) is 1.96. The van der Waals surface area contributed by atoms with E-state index in [1.807, 2.05) is 6.92 Å². The van der Waals surface area contributed by atoms with Crippen LogP contribution in [0, 0.1) is 0 Å². The van der Waals surface area contributed by atoms with Gasteiger partial charge >= 0.3 is 0 Å². The van der Waals surface area contributed by atoms with E-state index in [-0.39, 0.29) is 18.0 Å². The minimum absolute atomic E-state index is 0.111. The highest BCUT2D eigenvalue weighted by Crippen LogP contribution is 2.01. The zero-order valence-electron chi connectivity index (χ0n) is 8.91. The Morgan fingerprint density at radius 2 is 2.27 bits per heavy atom. The van der Waals surface area contributed by atoms with Crippen LogP contribution in [-0.4, -0.2) is 24.1 Å². The highest BCUT2D eigenvalue weighted by atomic mass is 16.2. The first-order valence-electron chi connectivity index (χ1n) is 4.82. The summed E-state index contributed by atoms with van der Waals surface area (Å²) in [6, 6.07) is 3.12. The normalized spacial score (nSPS) is 10.0. The average molecular weight is 209 g/mol. The molecule has 0 spiro atoms. The van der Waals surface area contributed by atoms with Crippen molar-refractivity contribution in [1.29, 1.82) is 0 Å². The van der Waals surface area contributed by atoms with Gasteiger partial charge in [-0.15, -0.1) is 0 Å². The molecule has 0 aliphatic heterocycles. The number of amides is 1. The van der Waals surface area contributed by atoms with E-state index in [0.717, 1.165) is 0 Å². The second-order valence-corrected chi connectivity index (χ2v) is 3.12. The fourth-order valence-electron chi connectivity index (χ4n) is 1.21. The molecule has 1 aromatic rings. The molecule has 0 unspecified atom stereocenters. The van der Waals surface area contributed by atoms with Crippen LogP contribution >= 0.6 is 0 Å². The number of carbonyl (C=O) groups is 1. The molecule has 15 heavy (non-hydrogen) atoms. The first-order chi connectivity index (χ1) is 7.17. The van der Waals surface area contributed by atoms with Gasteiger partial charge in [-0.25, -0.2) is 0 Å². The van der Waals surface area contributed by atoms with Crippen molar-refractivity contribution in [1.82, 2.24) is 9.88 Å². The van der Waals surface area contributed by atoms with Gasteiger partial charge in [0.05, 0.1) is 6.54 Å². The van der Waals surface area contributed by atoms with Crippen LogP contribution in [0.15, 0.2) is 23.1 Å². The van der Waals surface area contributed by atoms with E-state index < -0.39 is 0 Å². The number of nitrogens with zero attached hydrogens (tertiary/aromatic N) is 1. The van der Waals surface area contributed by atoms with Crippen molar-refractivity contribution >= 4 is 11.6 Å².